The Labute approximate surface area is 119 Å². The lowest BCUT2D eigenvalue weighted by Gasteiger charge is -2.48. The Hall–Kier alpha value is -1.44. The van der Waals surface area contributed by atoms with Crippen LogP contribution in [0.3, 0.4) is 0 Å². The highest BCUT2D eigenvalue weighted by Gasteiger charge is 2.48. The van der Waals surface area contributed by atoms with Crippen LogP contribution in [0.25, 0.3) is 0 Å². The molecule has 3 heterocycles. The molecule has 4 nitrogen and oxygen atoms in total. The van der Waals surface area contributed by atoms with Crippen molar-refractivity contribution in [2.45, 2.75) is 43.1 Å². The Bertz CT molecular complexity index is 485. The molecule has 1 unspecified atom stereocenters. The van der Waals surface area contributed by atoms with Gasteiger partial charge in [0.2, 0.25) is 0 Å². The first-order valence-electron chi connectivity index (χ1n) is 7.29. The highest BCUT2D eigenvalue weighted by atomic mass is 16.5. The van der Waals surface area contributed by atoms with Gasteiger partial charge in [-0.05, 0) is 37.8 Å². The molecule has 2 saturated heterocycles. The molecule has 2 fully saturated rings. The van der Waals surface area contributed by atoms with Crippen molar-refractivity contribution in [2.75, 3.05) is 19.8 Å². The molecule has 0 bridgehead atoms. The summed E-state index contributed by atoms with van der Waals surface area (Å²) in [5.41, 5.74) is 0.756. The van der Waals surface area contributed by atoms with E-state index in [2.05, 4.69) is 17.1 Å². The zero-order chi connectivity index (χ0) is 13.9. The second-order valence-electron chi connectivity index (χ2n) is 5.90. The molecule has 20 heavy (non-hydrogen) atoms. The Morgan fingerprint density at radius 1 is 1.20 bits per heavy atom. The number of nitrogens with zero attached hydrogens (tertiary/aromatic N) is 2. The van der Waals surface area contributed by atoms with Crippen molar-refractivity contribution >= 4 is 0 Å². The molecular formula is C16H20N2O2. The lowest BCUT2D eigenvalue weighted by atomic mass is 9.67. The largest absolute Gasteiger partial charge is 0.381 e. The number of ether oxygens (including phenoxy) is 2. The van der Waals surface area contributed by atoms with E-state index in [0.29, 0.717) is 13.0 Å². The van der Waals surface area contributed by atoms with Gasteiger partial charge < -0.3 is 9.47 Å². The van der Waals surface area contributed by atoms with Gasteiger partial charge >= 0.3 is 0 Å². The first kappa shape index (κ1) is 13.5. The minimum Gasteiger partial charge on any atom is -0.381 e. The summed E-state index contributed by atoms with van der Waals surface area (Å²) in [6.07, 6.45) is 5.94. The molecule has 2 aliphatic rings. The standard InChI is InChI=1S/C16H20N2O2/c17-8-4-15(14-3-1-2-9-18-14)5-12-20-16(13-15)6-10-19-11-7-16/h1-3,9H,4-7,10-13H2. The van der Waals surface area contributed by atoms with E-state index < -0.39 is 0 Å². The molecule has 0 amide bonds. The summed E-state index contributed by atoms with van der Waals surface area (Å²) < 4.78 is 11.6. The third kappa shape index (κ3) is 2.44. The SMILES string of the molecule is N#CCC1(c2ccccn2)CCOC2(CCOCC2)C1. The topological polar surface area (TPSA) is 55.1 Å². The van der Waals surface area contributed by atoms with Crippen molar-refractivity contribution in [2.24, 2.45) is 0 Å². The summed E-state index contributed by atoms with van der Waals surface area (Å²) in [5, 5.41) is 9.29. The summed E-state index contributed by atoms with van der Waals surface area (Å²) in [7, 11) is 0. The summed E-state index contributed by atoms with van der Waals surface area (Å²) >= 11 is 0. The van der Waals surface area contributed by atoms with Crippen LogP contribution in [0.1, 0.15) is 37.8 Å². The zero-order valence-corrected chi connectivity index (χ0v) is 11.7. The van der Waals surface area contributed by atoms with Gasteiger partial charge in [-0.15, -0.1) is 0 Å². The summed E-state index contributed by atoms with van der Waals surface area (Å²) in [6, 6.07) is 8.35. The summed E-state index contributed by atoms with van der Waals surface area (Å²) in [5.74, 6) is 0. The van der Waals surface area contributed by atoms with Crippen LogP contribution in [0, 0.1) is 11.3 Å². The molecule has 106 valence electrons. The zero-order valence-electron chi connectivity index (χ0n) is 11.7. The third-order valence-corrected chi connectivity index (χ3v) is 4.68. The maximum Gasteiger partial charge on any atom is 0.0735 e. The Balaban J connectivity index is 1.92. The van der Waals surface area contributed by atoms with E-state index in [4.69, 9.17) is 9.47 Å². The Morgan fingerprint density at radius 2 is 2.05 bits per heavy atom. The van der Waals surface area contributed by atoms with E-state index in [1.54, 1.807) is 0 Å². The van der Waals surface area contributed by atoms with E-state index in [0.717, 1.165) is 44.6 Å². The van der Waals surface area contributed by atoms with Gasteiger partial charge in [-0.2, -0.15) is 5.26 Å². The van der Waals surface area contributed by atoms with Crippen molar-refractivity contribution in [1.29, 1.82) is 5.26 Å². The van der Waals surface area contributed by atoms with Crippen molar-refractivity contribution in [3.63, 3.8) is 0 Å². The lowest BCUT2D eigenvalue weighted by molar-refractivity contribution is -0.153. The van der Waals surface area contributed by atoms with Crippen molar-refractivity contribution in [3.8, 4) is 6.07 Å². The van der Waals surface area contributed by atoms with Crippen molar-refractivity contribution in [3.05, 3.63) is 30.1 Å². The number of hydrogen-bond acceptors (Lipinski definition) is 4. The van der Waals surface area contributed by atoms with Gasteiger partial charge in [0.15, 0.2) is 0 Å². The van der Waals surface area contributed by atoms with E-state index in [9.17, 15) is 5.26 Å². The van der Waals surface area contributed by atoms with Crippen LogP contribution >= 0.6 is 0 Å². The Morgan fingerprint density at radius 3 is 2.75 bits per heavy atom. The summed E-state index contributed by atoms with van der Waals surface area (Å²) in [6.45, 7) is 2.22. The molecule has 1 spiro atoms. The maximum atomic E-state index is 9.29. The molecule has 0 radical (unpaired) electrons. The highest BCUT2D eigenvalue weighted by molar-refractivity contribution is 5.22. The smallest absolute Gasteiger partial charge is 0.0735 e. The van der Waals surface area contributed by atoms with Gasteiger partial charge in [-0.1, -0.05) is 6.07 Å². The number of rotatable bonds is 2. The van der Waals surface area contributed by atoms with E-state index in [1.807, 2.05) is 18.3 Å². The third-order valence-electron chi connectivity index (χ3n) is 4.68. The van der Waals surface area contributed by atoms with Gasteiger partial charge in [-0.25, -0.2) is 0 Å². The van der Waals surface area contributed by atoms with Crippen LogP contribution in [0.4, 0.5) is 0 Å². The van der Waals surface area contributed by atoms with Gasteiger partial charge in [0.1, 0.15) is 0 Å². The molecule has 0 saturated carbocycles. The molecule has 1 aromatic rings. The molecule has 0 aliphatic carbocycles. The quantitative estimate of drug-likeness (QED) is 0.830. The molecule has 3 rings (SSSR count). The van der Waals surface area contributed by atoms with Gasteiger partial charge in [0.25, 0.3) is 0 Å². The fourth-order valence-electron chi connectivity index (χ4n) is 3.57. The molecule has 0 aromatic carbocycles. The number of aromatic nitrogens is 1. The first-order valence-corrected chi connectivity index (χ1v) is 7.29. The van der Waals surface area contributed by atoms with Crippen LogP contribution in [-0.4, -0.2) is 30.4 Å². The lowest BCUT2D eigenvalue weighted by Crippen LogP contribution is -2.50. The maximum absolute atomic E-state index is 9.29. The van der Waals surface area contributed by atoms with Crippen LogP contribution < -0.4 is 0 Å². The van der Waals surface area contributed by atoms with Crippen LogP contribution in [0.2, 0.25) is 0 Å². The van der Waals surface area contributed by atoms with Crippen molar-refractivity contribution < 1.29 is 9.47 Å². The first-order chi connectivity index (χ1) is 9.79. The minimum atomic E-state index is -0.161. The molecule has 1 aromatic heterocycles. The molecule has 0 N–H and O–H groups in total. The highest BCUT2D eigenvalue weighted by Crippen LogP contribution is 2.46. The average molecular weight is 272 g/mol. The number of pyridine rings is 1. The fourth-order valence-corrected chi connectivity index (χ4v) is 3.57. The van der Waals surface area contributed by atoms with Crippen LogP contribution in [0.5, 0.6) is 0 Å². The second kappa shape index (κ2) is 5.51. The predicted octanol–water partition coefficient (Wildman–Crippen LogP) is 2.59. The van der Waals surface area contributed by atoms with E-state index in [1.165, 1.54) is 0 Å². The number of nitriles is 1. The number of hydrogen-bond donors (Lipinski definition) is 0. The molecule has 2 aliphatic heterocycles. The van der Waals surface area contributed by atoms with E-state index >= 15 is 0 Å². The monoisotopic (exact) mass is 272 g/mol. The fraction of sp³-hybridized carbons (Fsp3) is 0.625. The van der Waals surface area contributed by atoms with Gasteiger partial charge in [0.05, 0.1) is 11.7 Å². The van der Waals surface area contributed by atoms with Gasteiger partial charge in [-0.3, -0.25) is 4.98 Å². The Kier molecular flexibility index (Phi) is 3.73. The van der Waals surface area contributed by atoms with Crippen LogP contribution in [0.15, 0.2) is 24.4 Å². The van der Waals surface area contributed by atoms with Gasteiger partial charge in [0, 0.05) is 43.5 Å². The summed E-state index contributed by atoms with van der Waals surface area (Å²) in [4.78, 5) is 4.53. The van der Waals surface area contributed by atoms with Crippen molar-refractivity contribution in [1.82, 2.24) is 4.98 Å². The second-order valence-corrected chi connectivity index (χ2v) is 5.90. The average Bonchev–Trinajstić information content (AvgIpc) is 2.49. The molecule has 1 atom stereocenters. The predicted molar refractivity (Wildman–Crippen MR) is 74.1 cm³/mol. The molecule has 4 heteroatoms. The van der Waals surface area contributed by atoms with E-state index in [-0.39, 0.29) is 11.0 Å². The van der Waals surface area contributed by atoms with Crippen LogP contribution in [-0.2, 0) is 14.9 Å². The minimum absolute atomic E-state index is 0.120. The molecular weight excluding hydrogens is 252 g/mol. The normalized spacial score (nSPS) is 28.9.